The third-order valence-corrected chi connectivity index (χ3v) is 3.47. The minimum Gasteiger partial charge on any atom is -0.495 e. The third-order valence-electron chi connectivity index (χ3n) is 3.47. The highest BCUT2D eigenvalue weighted by Crippen LogP contribution is 2.25. The van der Waals surface area contributed by atoms with Gasteiger partial charge in [0.1, 0.15) is 5.75 Å². The smallest absolute Gasteiger partial charge is 0.241 e. The summed E-state index contributed by atoms with van der Waals surface area (Å²) in [4.78, 5) is 12.2. The lowest BCUT2D eigenvalue weighted by molar-refractivity contribution is -0.118. The van der Waals surface area contributed by atoms with Gasteiger partial charge in [0.05, 0.1) is 30.5 Å². The summed E-state index contributed by atoms with van der Waals surface area (Å²) in [5.41, 5.74) is 1.11. The first-order chi connectivity index (χ1) is 9.74. The number of nitrogens with zero attached hydrogens (tertiary/aromatic N) is 1. The second-order valence-electron chi connectivity index (χ2n) is 4.87. The molecule has 0 aromatic heterocycles. The van der Waals surface area contributed by atoms with Gasteiger partial charge >= 0.3 is 0 Å². The van der Waals surface area contributed by atoms with Gasteiger partial charge in [0.2, 0.25) is 5.91 Å². The molecule has 1 amide bonds. The summed E-state index contributed by atoms with van der Waals surface area (Å²) >= 11 is 0. The molecule has 1 aliphatic heterocycles. The first kappa shape index (κ1) is 14.4. The summed E-state index contributed by atoms with van der Waals surface area (Å²) < 4.78 is 5.21. The van der Waals surface area contributed by atoms with Crippen LogP contribution in [0, 0.1) is 11.3 Å². The van der Waals surface area contributed by atoms with Crippen LogP contribution in [0.1, 0.15) is 31.2 Å². The van der Waals surface area contributed by atoms with E-state index in [2.05, 4.69) is 10.6 Å². The van der Waals surface area contributed by atoms with Crippen molar-refractivity contribution in [3.63, 3.8) is 0 Å². The Morgan fingerprint density at radius 2 is 2.30 bits per heavy atom. The number of rotatable bonds is 3. The molecule has 106 valence electrons. The fourth-order valence-corrected chi connectivity index (χ4v) is 2.34. The molecule has 2 N–H and O–H groups in total. The number of ether oxygens (including phenoxy) is 1. The number of carbonyl (C=O) groups is 1. The van der Waals surface area contributed by atoms with E-state index in [9.17, 15) is 4.79 Å². The SMILES string of the molecule is COc1cc(C#N)ccc1NC(=O)C1CCCCCN1. The van der Waals surface area contributed by atoms with E-state index in [-0.39, 0.29) is 11.9 Å². The Morgan fingerprint density at radius 1 is 1.45 bits per heavy atom. The molecule has 0 spiro atoms. The lowest BCUT2D eigenvalue weighted by Gasteiger charge is -2.17. The standard InChI is InChI=1S/C15H19N3O2/c1-20-14-9-11(10-16)6-7-12(14)18-15(19)13-5-3-2-4-8-17-13/h6-7,9,13,17H,2-5,8H2,1H3,(H,18,19). The fraction of sp³-hybridized carbons (Fsp3) is 0.467. The number of hydrogen-bond donors (Lipinski definition) is 2. The molecule has 0 saturated carbocycles. The number of amides is 1. The molecule has 20 heavy (non-hydrogen) atoms. The van der Waals surface area contributed by atoms with Gasteiger partial charge in [-0.2, -0.15) is 5.26 Å². The average Bonchev–Trinajstić information content (AvgIpc) is 2.76. The van der Waals surface area contributed by atoms with Gasteiger partial charge in [-0.15, -0.1) is 0 Å². The van der Waals surface area contributed by atoms with Crippen LogP contribution in [0.5, 0.6) is 5.75 Å². The van der Waals surface area contributed by atoms with E-state index in [0.29, 0.717) is 17.0 Å². The molecular weight excluding hydrogens is 254 g/mol. The predicted molar refractivity (Wildman–Crippen MR) is 76.6 cm³/mol. The number of carbonyl (C=O) groups excluding carboxylic acids is 1. The summed E-state index contributed by atoms with van der Waals surface area (Å²) in [6, 6.07) is 6.88. The number of nitriles is 1. The maximum absolute atomic E-state index is 12.2. The lowest BCUT2D eigenvalue weighted by Crippen LogP contribution is -2.39. The van der Waals surface area contributed by atoms with Crippen LogP contribution in [0.4, 0.5) is 5.69 Å². The number of anilines is 1. The topological polar surface area (TPSA) is 74.1 Å². The van der Waals surface area contributed by atoms with Crippen LogP contribution >= 0.6 is 0 Å². The monoisotopic (exact) mass is 273 g/mol. The molecule has 1 atom stereocenters. The fourth-order valence-electron chi connectivity index (χ4n) is 2.34. The van der Waals surface area contributed by atoms with Gasteiger partial charge in [0, 0.05) is 6.07 Å². The highest BCUT2D eigenvalue weighted by atomic mass is 16.5. The zero-order chi connectivity index (χ0) is 14.4. The maximum atomic E-state index is 12.2. The van der Waals surface area contributed by atoms with Crippen LogP contribution in [0.2, 0.25) is 0 Å². The zero-order valence-electron chi connectivity index (χ0n) is 11.6. The number of nitrogens with one attached hydrogen (secondary N) is 2. The van der Waals surface area contributed by atoms with Crippen LogP contribution in [0.25, 0.3) is 0 Å². The molecule has 1 aliphatic rings. The van der Waals surface area contributed by atoms with E-state index in [0.717, 1.165) is 32.2 Å². The van der Waals surface area contributed by atoms with Crippen molar-refractivity contribution in [2.75, 3.05) is 19.0 Å². The quantitative estimate of drug-likeness (QED) is 0.883. The lowest BCUT2D eigenvalue weighted by atomic mass is 10.1. The number of benzene rings is 1. The molecule has 1 aromatic rings. The summed E-state index contributed by atoms with van der Waals surface area (Å²) in [6.45, 7) is 0.878. The van der Waals surface area contributed by atoms with Crippen molar-refractivity contribution in [2.24, 2.45) is 0 Å². The van der Waals surface area contributed by atoms with Crippen molar-refractivity contribution in [3.05, 3.63) is 23.8 Å². The van der Waals surface area contributed by atoms with E-state index in [1.807, 2.05) is 6.07 Å². The van der Waals surface area contributed by atoms with Crippen LogP contribution in [-0.2, 0) is 4.79 Å². The molecule has 0 radical (unpaired) electrons. The summed E-state index contributed by atoms with van der Waals surface area (Å²) in [5, 5.41) is 15.0. The van der Waals surface area contributed by atoms with Crippen LogP contribution in [-0.4, -0.2) is 25.6 Å². The Morgan fingerprint density at radius 3 is 3.05 bits per heavy atom. The number of methoxy groups -OCH3 is 1. The van der Waals surface area contributed by atoms with Crippen molar-refractivity contribution < 1.29 is 9.53 Å². The molecule has 2 rings (SSSR count). The van der Waals surface area contributed by atoms with Gasteiger partial charge in [0.15, 0.2) is 0 Å². The first-order valence-corrected chi connectivity index (χ1v) is 6.87. The van der Waals surface area contributed by atoms with Crippen molar-refractivity contribution in [1.82, 2.24) is 5.32 Å². The van der Waals surface area contributed by atoms with Crippen molar-refractivity contribution in [2.45, 2.75) is 31.7 Å². The van der Waals surface area contributed by atoms with Crippen LogP contribution < -0.4 is 15.4 Å². The average molecular weight is 273 g/mol. The third kappa shape index (κ3) is 3.49. The Kier molecular flexibility index (Phi) is 4.97. The van der Waals surface area contributed by atoms with Gasteiger partial charge in [0.25, 0.3) is 0 Å². The van der Waals surface area contributed by atoms with E-state index < -0.39 is 0 Å². The van der Waals surface area contributed by atoms with E-state index in [1.165, 1.54) is 7.11 Å². The Hall–Kier alpha value is -2.06. The molecule has 1 fully saturated rings. The van der Waals surface area contributed by atoms with Crippen molar-refractivity contribution >= 4 is 11.6 Å². The second kappa shape index (κ2) is 6.92. The van der Waals surface area contributed by atoms with E-state index in [1.54, 1.807) is 18.2 Å². The zero-order valence-corrected chi connectivity index (χ0v) is 11.6. The molecule has 0 aliphatic carbocycles. The van der Waals surface area contributed by atoms with Gasteiger partial charge in [-0.3, -0.25) is 4.79 Å². The summed E-state index contributed by atoms with van der Waals surface area (Å²) in [6.07, 6.45) is 4.20. The molecule has 5 nitrogen and oxygen atoms in total. The highest BCUT2D eigenvalue weighted by Gasteiger charge is 2.20. The number of hydrogen-bond acceptors (Lipinski definition) is 4. The van der Waals surface area contributed by atoms with Gasteiger partial charge in [-0.1, -0.05) is 12.8 Å². The minimum absolute atomic E-state index is 0.0464. The maximum Gasteiger partial charge on any atom is 0.241 e. The van der Waals surface area contributed by atoms with Gasteiger partial charge in [-0.05, 0) is 31.5 Å². The molecule has 1 heterocycles. The Labute approximate surface area is 118 Å². The van der Waals surface area contributed by atoms with Crippen LogP contribution in [0.3, 0.4) is 0 Å². The van der Waals surface area contributed by atoms with Gasteiger partial charge < -0.3 is 15.4 Å². The van der Waals surface area contributed by atoms with Crippen molar-refractivity contribution in [1.29, 1.82) is 5.26 Å². The molecule has 1 saturated heterocycles. The second-order valence-corrected chi connectivity index (χ2v) is 4.87. The minimum atomic E-state index is -0.155. The van der Waals surface area contributed by atoms with E-state index in [4.69, 9.17) is 10.00 Å². The van der Waals surface area contributed by atoms with Crippen molar-refractivity contribution in [3.8, 4) is 11.8 Å². The molecular formula is C15H19N3O2. The Balaban J connectivity index is 2.08. The molecule has 1 aromatic carbocycles. The van der Waals surface area contributed by atoms with E-state index >= 15 is 0 Å². The molecule has 1 unspecified atom stereocenters. The summed E-state index contributed by atoms with van der Waals surface area (Å²) in [5.74, 6) is 0.459. The molecule has 5 heteroatoms. The van der Waals surface area contributed by atoms with Crippen LogP contribution in [0.15, 0.2) is 18.2 Å². The normalized spacial score (nSPS) is 18.7. The Bertz CT molecular complexity index is 514. The largest absolute Gasteiger partial charge is 0.495 e. The van der Waals surface area contributed by atoms with Gasteiger partial charge in [-0.25, -0.2) is 0 Å². The predicted octanol–water partition coefficient (Wildman–Crippen LogP) is 2.04. The first-order valence-electron chi connectivity index (χ1n) is 6.87. The molecule has 0 bridgehead atoms. The summed E-state index contributed by atoms with van der Waals surface area (Å²) in [7, 11) is 1.52. The highest BCUT2D eigenvalue weighted by molar-refractivity contribution is 5.96.